The molecule has 0 bridgehead atoms. The van der Waals surface area contributed by atoms with E-state index in [2.05, 4.69) is 10.5 Å². The lowest BCUT2D eigenvalue weighted by atomic mass is 10.2. The Kier molecular flexibility index (Phi) is 7.31. The third-order valence-electron chi connectivity index (χ3n) is 4.02. The van der Waals surface area contributed by atoms with Crippen LogP contribution >= 0.6 is 0 Å². The minimum atomic E-state index is -0.790. The second-order valence-corrected chi connectivity index (χ2v) is 6.17. The molecule has 1 amide bonds. The number of rotatable bonds is 8. The number of nitrogens with one attached hydrogen (secondary N) is 1. The Balaban J connectivity index is 1.48. The normalized spacial score (nSPS) is 10.5. The molecule has 0 aliphatic rings. The van der Waals surface area contributed by atoms with Crippen molar-refractivity contribution in [3.8, 4) is 17.2 Å². The lowest BCUT2D eigenvalue weighted by Crippen LogP contribution is -2.24. The van der Waals surface area contributed by atoms with E-state index in [-0.39, 0.29) is 17.9 Å². The lowest BCUT2D eigenvalue weighted by molar-refractivity contribution is -0.123. The van der Waals surface area contributed by atoms with Gasteiger partial charge in [-0.25, -0.2) is 14.6 Å². The highest BCUT2D eigenvalue weighted by molar-refractivity contribution is 5.91. The highest BCUT2D eigenvalue weighted by atomic mass is 19.1. The van der Waals surface area contributed by atoms with Crippen molar-refractivity contribution in [1.82, 2.24) is 5.43 Å². The number of hydrazone groups is 1. The highest BCUT2D eigenvalue weighted by Gasteiger charge is 2.13. The van der Waals surface area contributed by atoms with Gasteiger partial charge >= 0.3 is 5.97 Å². The van der Waals surface area contributed by atoms with Crippen LogP contribution in [0.2, 0.25) is 0 Å². The number of benzene rings is 3. The van der Waals surface area contributed by atoms with E-state index in [0.29, 0.717) is 17.1 Å². The monoisotopic (exact) mass is 422 g/mol. The molecule has 3 aromatic rings. The highest BCUT2D eigenvalue weighted by Crippen LogP contribution is 2.25. The summed E-state index contributed by atoms with van der Waals surface area (Å²) in [5.74, 6) is -0.667. The Morgan fingerprint density at radius 2 is 1.65 bits per heavy atom. The number of halogens is 1. The predicted octanol–water partition coefficient (Wildman–Crippen LogP) is 3.58. The summed E-state index contributed by atoms with van der Waals surface area (Å²) in [4.78, 5) is 23.9. The molecule has 3 rings (SSSR count). The molecule has 8 heteroatoms. The van der Waals surface area contributed by atoms with E-state index in [0.717, 1.165) is 0 Å². The van der Waals surface area contributed by atoms with Gasteiger partial charge in [0.1, 0.15) is 11.6 Å². The first-order valence-corrected chi connectivity index (χ1v) is 9.21. The lowest BCUT2D eigenvalue weighted by Gasteiger charge is -2.09. The number of ether oxygens (including phenoxy) is 3. The van der Waals surface area contributed by atoms with Gasteiger partial charge in [0.2, 0.25) is 0 Å². The van der Waals surface area contributed by atoms with Gasteiger partial charge in [-0.2, -0.15) is 5.10 Å². The van der Waals surface area contributed by atoms with Crippen LogP contribution in [0.15, 0.2) is 77.9 Å². The van der Waals surface area contributed by atoms with E-state index >= 15 is 0 Å². The van der Waals surface area contributed by atoms with Gasteiger partial charge in [0.25, 0.3) is 5.91 Å². The Morgan fingerprint density at radius 3 is 2.35 bits per heavy atom. The maximum absolute atomic E-state index is 13.6. The van der Waals surface area contributed by atoms with Crippen molar-refractivity contribution in [3.05, 3.63) is 89.7 Å². The van der Waals surface area contributed by atoms with E-state index in [4.69, 9.17) is 14.2 Å². The summed E-state index contributed by atoms with van der Waals surface area (Å²) in [6.45, 7) is -0.233. The summed E-state index contributed by atoms with van der Waals surface area (Å²) >= 11 is 0. The number of carbonyl (C=O) groups is 2. The SMILES string of the molecule is COc1ccccc1OCC(=O)NN=Cc1ccc(OC(=O)c2ccccc2F)cc1. The molecule has 0 fully saturated rings. The molecule has 0 saturated carbocycles. The molecule has 1 N–H and O–H groups in total. The molecule has 0 spiro atoms. The van der Waals surface area contributed by atoms with Gasteiger partial charge in [-0.3, -0.25) is 4.79 Å². The Hall–Kier alpha value is -4.20. The number of nitrogens with zero attached hydrogens (tertiary/aromatic N) is 1. The molecule has 0 radical (unpaired) electrons. The van der Waals surface area contributed by atoms with E-state index < -0.39 is 17.7 Å². The van der Waals surface area contributed by atoms with Crippen LogP contribution in [0.25, 0.3) is 0 Å². The molecule has 0 aliphatic heterocycles. The van der Waals surface area contributed by atoms with Crippen LogP contribution in [0.4, 0.5) is 4.39 Å². The van der Waals surface area contributed by atoms with Crippen molar-refractivity contribution in [2.45, 2.75) is 0 Å². The third-order valence-corrected chi connectivity index (χ3v) is 4.02. The summed E-state index contributed by atoms with van der Waals surface area (Å²) in [6.07, 6.45) is 1.42. The summed E-state index contributed by atoms with van der Waals surface area (Å²) in [5, 5.41) is 3.85. The Morgan fingerprint density at radius 1 is 0.968 bits per heavy atom. The van der Waals surface area contributed by atoms with Crippen molar-refractivity contribution in [2.75, 3.05) is 13.7 Å². The van der Waals surface area contributed by atoms with Gasteiger partial charge < -0.3 is 14.2 Å². The molecular formula is C23H19FN2O5. The molecule has 0 aromatic heterocycles. The number of para-hydroxylation sites is 2. The number of carbonyl (C=O) groups excluding carboxylic acids is 2. The van der Waals surface area contributed by atoms with Crippen molar-refractivity contribution in [2.24, 2.45) is 5.10 Å². The van der Waals surface area contributed by atoms with Crippen molar-refractivity contribution >= 4 is 18.1 Å². The van der Waals surface area contributed by atoms with Crippen LogP contribution in [0.1, 0.15) is 15.9 Å². The average molecular weight is 422 g/mol. The molecule has 31 heavy (non-hydrogen) atoms. The summed E-state index contributed by atoms with van der Waals surface area (Å²) < 4.78 is 29.3. The zero-order valence-corrected chi connectivity index (χ0v) is 16.6. The Labute approximate surface area is 178 Å². The molecule has 0 atom stereocenters. The Bertz CT molecular complexity index is 1080. The molecule has 0 aliphatic carbocycles. The van der Waals surface area contributed by atoms with E-state index in [9.17, 15) is 14.0 Å². The largest absolute Gasteiger partial charge is 0.493 e. The van der Waals surface area contributed by atoms with Gasteiger partial charge in [0.15, 0.2) is 18.1 Å². The van der Waals surface area contributed by atoms with Gasteiger partial charge in [-0.05, 0) is 54.1 Å². The van der Waals surface area contributed by atoms with Crippen LogP contribution in [0.5, 0.6) is 17.2 Å². The van der Waals surface area contributed by atoms with Crippen molar-refractivity contribution in [1.29, 1.82) is 0 Å². The summed E-state index contributed by atoms with van der Waals surface area (Å²) in [5.41, 5.74) is 2.85. The van der Waals surface area contributed by atoms with Crippen molar-refractivity contribution in [3.63, 3.8) is 0 Å². The third kappa shape index (κ3) is 6.14. The topological polar surface area (TPSA) is 86.2 Å². The van der Waals surface area contributed by atoms with E-state index in [1.165, 1.54) is 43.7 Å². The van der Waals surface area contributed by atoms with Gasteiger partial charge in [-0.15, -0.1) is 0 Å². The van der Waals surface area contributed by atoms with Crippen LogP contribution in [-0.2, 0) is 4.79 Å². The molecule has 0 heterocycles. The standard InChI is InChI=1S/C23H19FN2O5/c1-29-20-8-4-5-9-21(20)30-15-22(27)26-25-14-16-10-12-17(13-11-16)31-23(28)18-6-2-3-7-19(18)24/h2-14H,15H2,1H3,(H,26,27). The summed E-state index contributed by atoms with van der Waals surface area (Å²) in [7, 11) is 1.51. The minimum Gasteiger partial charge on any atom is -0.493 e. The smallest absolute Gasteiger partial charge is 0.346 e. The fourth-order valence-electron chi connectivity index (χ4n) is 2.50. The quantitative estimate of drug-likeness (QED) is 0.260. The number of methoxy groups -OCH3 is 1. The first kappa shape index (κ1) is 21.5. The number of amides is 1. The molecule has 3 aromatic carbocycles. The van der Waals surface area contributed by atoms with E-state index in [1.807, 2.05) is 0 Å². The van der Waals surface area contributed by atoms with Gasteiger partial charge in [0, 0.05) is 0 Å². The van der Waals surface area contributed by atoms with Crippen LogP contribution in [0.3, 0.4) is 0 Å². The first-order valence-electron chi connectivity index (χ1n) is 9.21. The van der Waals surface area contributed by atoms with E-state index in [1.54, 1.807) is 42.5 Å². The predicted molar refractivity (Wildman–Crippen MR) is 112 cm³/mol. The van der Waals surface area contributed by atoms with Crippen LogP contribution < -0.4 is 19.6 Å². The number of hydrogen-bond donors (Lipinski definition) is 1. The van der Waals surface area contributed by atoms with Crippen LogP contribution in [-0.4, -0.2) is 31.8 Å². The summed E-state index contributed by atoms with van der Waals surface area (Å²) in [6, 6.07) is 18.9. The average Bonchev–Trinajstić information content (AvgIpc) is 2.79. The van der Waals surface area contributed by atoms with Crippen LogP contribution in [0, 0.1) is 5.82 Å². The maximum atomic E-state index is 13.6. The fourth-order valence-corrected chi connectivity index (χ4v) is 2.50. The maximum Gasteiger partial charge on any atom is 0.346 e. The molecule has 0 saturated heterocycles. The zero-order chi connectivity index (χ0) is 22.1. The first-order chi connectivity index (χ1) is 15.1. The number of esters is 1. The minimum absolute atomic E-state index is 0.147. The zero-order valence-electron chi connectivity index (χ0n) is 16.6. The second kappa shape index (κ2) is 10.5. The molecule has 0 unspecified atom stereocenters. The number of hydrogen-bond acceptors (Lipinski definition) is 6. The molecular weight excluding hydrogens is 403 g/mol. The van der Waals surface area contributed by atoms with Crippen molar-refractivity contribution < 1.29 is 28.2 Å². The fraction of sp³-hybridized carbons (Fsp3) is 0.0870. The second-order valence-electron chi connectivity index (χ2n) is 6.17. The van der Waals surface area contributed by atoms with Gasteiger partial charge in [-0.1, -0.05) is 24.3 Å². The molecule has 7 nitrogen and oxygen atoms in total. The molecule has 158 valence electrons. The van der Waals surface area contributed by atoms with Gasteiger partial charge in [0.05, 0.1) is 18.9 Å².